The molecule has 8 heteroatoms. The van der Waals surface area contributed by atoms with Gasteiger partial charge in [0.15, 0.2) is 15.9 Å². The molecule has 0 N–H and O–H groups in total. The maximum absolute atomic E-state index is 12.3. The number of aromatic nitrogens is 4. The SMILES string of the molecule is CCc1ccc(N(C(C)=O)c2nc(CSc3nnc4ccccn34)cs2)cc1. The van der Waals surface area contributed by atoms with Crippen LogP contribution in [-0.4, -0.2) is 25.5 Å². The molecule has 0 aliphatic heterocycles. The van der Waals surface area contributed by atoms with Gasteiger partial charge < -0.3 is 0 Å². The van der Waals surface area contributed by atoms with Crippen LogP contribution < -0.4 is 4.90 Å². The van der Waals surface area contributed by atoms with Gasteiger partial charge in [0.2, 0.25) is 5.91 Å². The highest BCUT2D eigenvalue weighted by atomic mass is 32.2. The topological polar surface area (TPSA) is 63.4 Å². The molecule has 1 aromatic carbocycles. The Morgan fingerprint density at radius 2 is 2.00 bits per heavy atom. The highest BCUT2D eigenvalue weighted by molar-refractivity contribution is 7.98. The average molecular weight is 410 g/mol. The minimum absolute atomic E-state index is 0.0544. The van der Waals surface area contributed by atoms with Crippen molar-refractivity contribution in [3.8, 4) is 0 Å². The van der Waals surface area contributed by atoms with Gasteiger partial charge in [0, 0.05) is 24.3 Å². The zero-order valence-electron chi connectivity index (χ0n) is 15.6. The number of pyridine rings is 1. The number of benzene rings is 1. The molecule has 3 aromatic heterocycles. The number of fused-ring (bicyclic) bond motifs is 1. The summed E-state index contributed by atoms with van der Waals surface area (Å²) in [5.41, 5.74) is 3.81. The lowest BCUT2D eigenvalue weighted by atomic mass is 10.1. The minimum atomic E-state index is -0.0544. The maximum atomic E-state index is 12.3. The van der Waals surface area contributed by atoms with Crippen LogP contribution in [0.2, 0.25) is 0 Å². The molecule has 0 aliphatic carbocycles. The van der Waals surface area contributed by atoms with E-state index in [0.717, 1.165) is 28.6 Å². The Morgan fingerprint density at radius 1 is 1.18 bits per heavy atom. The first-order valence-electron chi connectivity index (χ1n) is 8.92. The summed E-state index contributed by atoms with van der Waals surface area (Å²) in [5.74, 6) is 0.605. The Hall–Kier alpha value is -2.71. The number of hydrogen-bond donors (Lipinski definition) is 0. The fraction of sp³-hybridized carbons (Fsp3) is 0.200. The van der Waals surface area contributed by atoms with Crippen LogP contribution in [0.25, 0.3) is 5.65 Å². The number of thiazole rings is 1. The van der Waals surface area contributed by atoms with Crippen molar-refractivity contribution in [2.75, 3.05) is 4.90 Å². The van der Waals surface area contributed by atoms with Crippen LogP contribution in [-0.2, 0) is 17.0 Å². The van der Waals surface area contributed by atoms with Crippen LogP contribution in [0.3, 0.4) is 0 Å². The van der Waals surface area contributed by atoms with Crippen molar-refractivity contribution < 1.29 is 4.79 Å². The number of rotatable bonds is 6. The number of amides is 1. The van der Waals surface area contributed by atoms with E-state index in [1.54, 1.807) is 23.6 Å². The van der Waals surface area contributed by atoms with Crippen LogP contribution in [0.4, 0.5) is 10.8 Å². The first-order valence-corrected chi connectivity index (χ1v) is 10.8. The van der Waals surface area contributed by atoms with Crippen molar-refractivity contribution in [1.29, 1.82) is 0 Å². The molecule has 0 atom stereocenters. The van der Waals surface area contributed by atoms with Gasteiger partial charge in [-0.25, -0.2) is 4.98 Å². The predicted octanol–water partition coefficient (Wildman–Crippen LogP) is 4.73. The lowest BCUT2D eigenvalue weighted by Gasteiger charge is -2.18. The number of carbonyl (C=O) groups is 1. The van der Waals surface area contributed by atoms with Gasteiger partial charge in [0.25, 0.3) is 0 Å². The summed E-state index contributed by atoms with van der Waals surface area (Å²) in [7, 11) is 0. The molecule has 6 nitrogen and oxygen atoms in total. The van der Waals surface area contributed by atoms with Gasteiger partial charge in [-0.1, -0.05) is 36.9 Å². The summed E-state index contributed by atoms with van der Waals surface area (Å²) in [6.45, 7) is 3.67. The molecule has 0 aliphatic rings. The van der Waals surface area contributed by atoms with E-state index in [0.29, 0.717) is 10.9 Å². The zero-order valence-corrected chi connectivity index (χ0v) is 17.2. The summed E-state index contributed by atoms with van der Waals surface area (Å²) in [5, 5.41) is 11.9. The van der Waals surface area contributed by atoms with E-state index in [9.17, 15) is 4.79 Å². The second-order valence-electron chi connectivity index (χ2n) is 6.20. The van der Waals surface area contributed by atoms with E-state index in [-0.39, 0.29) is 5.91 Å². The number of carbonyl (C=O) groups excluding carboxylic acids is 1. The molecule has 4 rings (SSSR count). The Labute approximate surface area is 171 Å². The molecule has 0 saturated heterocycles. The molecule has 0 unspecified atom stereocenters. The van der Waals surface area contributed by atoms with Crippen LogP contribution in [0.5, 0.6) is 0 Å². The number of aryl methyl sites for hydroxylation is 1. The molecule has 142 valence electrons. The zero-order chi connectivity index (χ0) is 19.5. The average Bonchev–Trinajstić information content (AvgIpc) is 3.34. The quantitative estimate of drug-likeness (QED) is 0.431. The normalized spacial score (nSPS) is 11.1. The summed E-state index contributed by atoms with van der Waals surface area (Å²) < 4.78 is 1.95. The van der Waals surface area contributed by atoms with Gasteiger partial charge in [-0.15, -0.1) is 21.5 Å². The summed E-state index contributed by atoms with van der Waals surface area (Å²) in [6, 6.07) is 13.9. The molecule has 0 saturated carbocycles. The van der Waals surface area contributed by atoms with Gasteiger partial charge in [-0.05, 0) is 36.2 Å². The van der Waals surface area contributed by atoms with E-state index in [2.05, 4.69) is 22.1 Å². The fourth-order valence-corrected chi connectivity index (χ4v) is 4.64. The van der Waals surface area contributed by atoms with Crippen LogP contribution in [0.1, 0.15) is 25.1 Å². The van der Waals surface area contributed by atoms with Crippen molar-refractivity contribution in [1.82, 2.24) is 19.6 Å². The molecule has 4 aromatic rings. The first kappa shape index (κ1) is 18.6. The molecule has 0 bridgehead atoms. The van der Waals surface area contributed by atoms with Crippen molar-refractivity contribution in [3.63, 3.8) is 0 Å². The Kier molecular flexibility index (Phi) is 5.40. The number of nitrogens with zero attached hydrogens (tertiary/aromatic N) is 5. The molecule has 0 spiro atoms. The third-order valence-corrected chi connectivity index (χ3v) is 6.13. The summed E-state index contributed by atoms with van der Waals surface area (Å²) >= 11 is 3.04. The minimum Gasteiger partial charge on any atom is -0.277 e. The smallest absolute Gasteiger partial charge is 0.230 e. The standard InChI is InChI=1S/C20H19N5OS2/c1-3-15-7-9-17(10-8-15)25(14(2)26)19-21-16(12-27-19)13-28-20-23-22-18-6-4-5-11-24(18)20/h4-12H,3,13H2,1-2H3. The molecule has 1 amide bonds. The van der Waals surface area contributed by atoms with E-state index < -0.39 is 0 Å². The van der Waals surface area contributed by atoms with Crippen molar-refractivity contribution in [2.45, 2.75) is 31.2 Å². The molecular weight excluding hydrogens is 390 g/mol. The monoisotopic (exact) mass is 409 g/mol. The predicted molar refractivity (Wildman–Crippen MR) is 113 cm³/mol. The Bertz CT molecular complexity index is 1100. The molecular formula is C20H19N5OS2. The van der Waals surface area contributed by atoms with E-state index in [1.807, 2.05) is 58.4 Å². The van der Waals surface area contributed by atoms with Crippen molar-refractivity contribution >= 4 is 45.5 Å². The third-order valence-electron chi connectivity index (χ3n) is 4.28. The Balaban J connectivity index is 1.52. The van der Waals surface area contributed by atoms with E-state index in [1.165, 1.54) is 16.9 Å². The molecule has 0 fully saturated rings. The van der Waals surface area contributed by atoms with E-state index >= 15 is 0 Å². The first-order chi connectivity index (χ1) is 13.7. The highest BCUT2D eigenvalue weighted by Gasteiger charge is 2.18. The lowest BCUT2D eigenvalue weighted by Crippen LogP contribution is -2.22. The summed E-state index contributed by atoms with van der Waals surface area (Å²) in [4.78, 5) is 18.6. The highest BCUT2D eigenvalue weighted by Crippen LogP contribution is 2.31. The molecule has 3 heterocycles. The maximum Gasteiger partial charge on any atom is 0.230 e. The Morgan fingerprint density at radius 3 is 2.75 bits per heavy atom. The number of hydrogen-bond acceptors (Lipinski definition) is 6. The van der Waals surface area contributed by atoms with Gasteiger partial charge in [0.1, 0.15) is 0 Å². The number of anilines is 2. The molecule has 0 radical (unpaired) electrons. The van der Waals surface area contributed by atoms with Gasteiger partial charge in [-0.3, -0.25) is 14.1 Å². The second kappa shape index (κ2) is 8.12. The van der Waals surface area contributed by atoms with Gasteiger partial charge >= 0.3 is 0 Å². The lowest BCUT2D eigenvalue weighted by molar-refractivity contribution is -0.115. The van der Waals surface area contributed by atoms with Gasteiger partial charge in [0.05, 0.1) is 11.4 Å². The van der Waals surface area contributed by atoms with Crippen LogP contribution >= 0.6 is 23.1 Å². The fourth-order valence-electron chi connectivity index (χ4n) is 2.83. The molecule has 28 heavy (non-hydrogen) atoms. The number of thioether (sulfide) groups is 1. The van der Waals surface area contributed by atoms with Gasteiger partial charge in [-0.2, -0.15) is 0 Å². The largest absolute Gasteiger partial charge is 0.277 e. The third kappa shape index (κ3) is 3.79. The van der Waals surface area contributed by atoms with E-state index in [4.69, 9.17) is 0 Å². The van der Waals surface area contributed by atoms with Crippen LogP contribution in [0, 0.1) is 0 Å². The summed E-state index contributed by atoms with van der Waals surface area (Å²) in [6.07, 6.45) is 2.91. The second-order valence-corrected chi connectivity index (χ2v) is 7.97. The van der Waals surface area contributed by atoms with Crippen molar-refractivity contribution in [3.05, 3.63) is 65.3 Å². The van der Waals surface area contributed by atoms with Crippen molar-refractivity contribution in [2.24, 2.45) is 0 Å². The van der Waals surface area contributed by atoms with Crippen LogP contribution in [0.15, 0.2) is 59.2 Å².